The van der Waals surface area contributed by atoms with Gasteiger partial charge < -0.3 is 40.2 Å². The predicted octanol–water partition coefficient (Wildman–Crippen LogP) is 4.51. The molecule has 3 fully saturated rings. The lowest BCUT2D eigenvalue weighted by Crippen LogP contribution is -2.59. The number of nitrogens with two attached hydrogens (primary N) is 1. The number of benzene rings is 2. The van der Waals surface area contributed by atoms with Crippen molar-refractivity contribution in [2.45, 2.75) is 109 Å². The van der Waals surface area contributed by atoms with Gasteiger partial charge in [-0.1, -0.05) is 38.1 Å². The van der Waals surface area contributed by atoms with Crippen LogP contribution in [-0.2, 0) is 37.0 Å². The second-order valence-corrected chi connectivity index (χ2v) is 18.4. The van der Waals surface area contributed by atoms with E-state index in [1.165, 1.54) is 0 Å². The van der Waals surface area contributed by atoms with Crippen LogP contribution < -0.4 is 16.6 Å². The van der Waals surface area contributed by atoms with Crippen molar-refractivity contribution >= 4 is 45.7 Å². The molecule has 16 heteroatoms. The van der Waals surface area contributed by atoms with E-state index in [1.807, 2.05) is 68.1 Å². The summed E-state index contributed by atoms with van der Waals surface area (Å²) in [5.74, 6) is -0.805. The molecule has 2 atom stereocenters. The molecule has 3 aliphatic rings. The molecule has 64 heavy (non-hydrogen) atoms. The summed E-state index contributed by atoms with van der Waals surface area (Å²) >= 11 is 0. The number of nitrogens with one attached hydrogen (secondary N) is 2. The second kappa shape index (κ2) is 21.6. The number of amides is 3. The van der Waals surface area contributed by atoms with E-state index in [4.69, 9.17) is 15.2 Å². The molecule has 2 unspecified atom stereocenters. The SMILES string of the molecule is Cc1cc(CC(NC(=O)N2CCC(c3cc4ccccc4[nH]c3=O)CC2)C(=O)N2CCN(C3CCN(C)CC3)CC2)cc2cnn(COC(=O)CCCCCOC(=O)C(N)C(C)C)c12. The van der Waals surface area contributed by atoms with E-state index in [-0.39, 0.29) is 55.1 Å². The molecule has 346 valence electrons. The minimum Gasteiger partial charge on any atom is -0.465 e. The van der Waals surface area contributed by atoms with Gasteiger partial charge in [0.2, 0.25) is 5.91 Å². The van der Waals surface area contributed by atoms with Gasteiger partial charge in [-0.05, 0) is 119 Å². The van der Waals surface area contributed by atoms with Crippen LogP contribution in [-0.4, -0.2) is 142 Å². The van der Waals surface area contributed by atoms with E-state index in [1.54, 1.807) is 15.8 Å². The first kappa shape index (κ1) is 46.7. The predicted molar refractivity (Wildman–Crippen MR) is 246 cm³/mol. The van der Waals surface area contributed by atoms with Crippen molar-refractivity contribution in [2.24, 2.45) is 11.7 Å². The van der Waals surface area contributed by atoms with Crippen LogP contribution in [0.4, 0.5) is 4.79 Å². The van der Waals surface area contributed by atoms with E-state index in [2.05, 4.69) is 32.2 Å². The fourth-order valence-corrected chi connectivity index (χ4v) is 9.46. The number of carbonyl (C=O) groups is 4. The number of fused-ring (bicyclic) bond motifs is 2. The van der Waals surface area contributed by atoms with Gasteiger partial charge in [-0.25, -0.2) is 9.48 Å². The number of carbonyl (C=O) groups excluding carboxylic acids is 4. The van der Waals surface area contributed by atoms with E-state index >= 15 is 0 Å². The first-order valence-corrected chi connectivity index (χ1v) is 23.3. The highest BCUT2D eigenvalue weighted by atomic mass is 16.5. The largest absolute Gasteiger partial charge is 0.465 e. The van der Waals surface area contributed by atoms with Gasteiger partial charge in [0, 0.05) is 74.6 Å². The fraction of sp³-hybridized carbons (Fsp3) is 0.583. The van der Waals surface area contributed by atoms with Crippen LogP contribution in [0.3, 0.4) is 0 Å². The number of rotatable bonds is 16. The molecule has 4 aromatic rings. The number of aryl methyl sites for hydroxylation is 1. The number of nitrogens with zero attached hydrogens (tertiary/aromatic N) is 6. The van der Waals surface area contributed by atoms with Gasteiger partial charge in [-0.2, -0.15) is 5.10 Å². The third kappa shape index (κ3) is 11.7. The van der Waals surface area contributed by atoms with Crippen molar-refractivity contribution in [3.8, 4) is 0 Å². The molecule has 3 saturated heterocycles. The summed E-state index contributed by atoms with van der Waals surface area (Å²) in [4.78, 5) is 77.7. The summed E-state index contributed by atoms with van der Waals surface area (Å²) in [6.45, 7) is 11.9. The molecule has 16 nitrogen and oxygen atoms in total. The molecule has 4 N–H and O–H groups in total. The lowest BCUT2D eigenvalue weighted by atomic mass is 9.89. The molecule has 2 aromatic carbocycles. The molecule has 0 aliphatic carbocycles. The molecule has 0 spiro atoms. The summed E-state index contributed by atoms with van der Waals surface area (Å²) in [6.07, 6.45) is 7.76. The topological polar surface area (TPSA) is 188 Å². The maximum Gasteiger partial charge on any atom is 0.323 e. The minimum atomic E-state index is -0.791. The standard InChI is InChI=1S/C48H67N9O7/c1-32(2)43(49)47(61)63-25-9-5-6-12-42(58)64-31-57-44-33(3)26-34(27-37(44)30-50-57)28-41(46(60)55-23-21-54(22-24-55)38-15-17-53(4)18-16-38)52-48(62)56-19-13-35(14-20-56)39-29-36-10-7-8-11-40(36)51-45(39)59/h7-8,10-11,26-27,29-30,32,35,38,41,43H,5-6,9,12-25,28,31,49H2,1-4H3,(H,51,59)(H,52,62). The Morgan fingerprint density at radius 1 is 0.875 bits per heavy atom. The number of unbranched alkanes of at least 4 members (excludes halogenated alkanes) is 2. The number of piperazine rings is 1. The first-order valence-electron chi connectivity index (χ1n) is 23.3. The van der Waals surface area contributed by atoms with Gasteiger partial charge >= 0.3 is 18.0 Å². The molecule has 3 amide bonds. The zero-order chi connectivity index (χ0) is 45.3. The van der Waals surface area contributed by atoms with Crippen molar-refractivity contribution in [3.05, 3.63) is 75.7 Å². The zero-order valence-electron chi connectivity index (χ0n) is 38.1. The number of para-hydroxylation sites is 1. The van der Waals surface area contributed by atoms with Crippen molar-refractivity contribution in [1.82, 2.24) is 39.7 Å². The third-order valence-corrected chi connectivity index (χ3v) is 13.5. The van der Waals surface area contributed by atoms with Crippen LogP contribution in [0.15, 0.2) is 53.5 Å². The number of H-pyrrole nitrogens is 1. The number of esters is 2. The summed E-state index contributed by atoms with van der Waals surface area (Å²) in [6, 6.07) is 12.6. The normalized spacial score (nSPS) is 18.1. The Hall–Kier alpha value is -5.32. The first-order chi connectivity index (χ1) is 30.8. The Labute approximate surface area is 375 Å². The second-order valence-electron chi connectivity index (χ2n) is 18.4. The Balaban J connectivity index is 0.967. The molecular weight excluding hydrogens is 815 g/mol. The van der Waals surface area contributed by atoms with Gasteiger partial charge in [-0.15, -0.1) is 0 Å². The summed E-state index contributed by atoms with van der Waals surface area (Å²) in [5, 5.41) is 9.51. The van der Waals surface area contributed by atoms with Crippen LogP contribution in [0.5, 0.6) is 0 Å². The number of hydrogen-bond acceptors (Lipinski definition) is 11. The lowest BCUT2D eigenvalue weighted by molar-refractivity contribution is -0.148. The number of pyridine rings is 1. The van der Waals surface area contributed by atoms with Crippen LogP contribution in [0, 0.1) is 12.8 Å². The molecule has 3 aliphatic heterocycles. The van der Waals surface area contributed by atoms with Crippen molar-refractivity contribution in [2.75, 3.05) is 66.0 Å². The summed E-state index contributed by atoms with van der Waals surface area (Å²) < 4.78 is 12.5. The van der Waals surface area contributed by atoms with Crippen LogP contribution >= 0.6 is 0 Å². The Kier molecular flexibility index (Phi) is 15.7. The average Bonchev–Trinajstić information content (AvgIpc) is 3.72. The van der Waals surface area contributed by atoms with Crippen molar-refractivity contribution in [1.29, 1.82) is 0 Å². The number of hydrogen-bond donors (Lipinski definition) is 3. The molecule has 0 bridgehead atoms. The van der Waals surface area contributed by atoms with Gasteiger partial charge in [0.25, 0.3) is 5.56 Å². The van der Waals surface area contributed by atoms with Gasteiger partial charge in [0.1, 0.15) is 12.1 Å². The Morgan fingerprint density at radius 3 is 2.34 bits per heavy atom. The molecule has 0 radical (unpaired) electrons. The minimum absolute atomic E-state index is 0.00634. The number of likely N-dealkylation sites (tertiary alicyclic amines) is 2. The summed E-state index contributed by atoms with van der Waals surface area (Å²) in [7, 11) is 2.17. The van der Waals surface area contributed by atoms with E-state index in [0.29, 0.717) is 70.7 Å². The number of piperidine rings is 2. The lowest BCUT2D eigenvalue weighted by Gasteiger charge is -2.43. The van der Waals surface area contributed by atoms with Crippen molar-refractivity contribution < 1.29 is 28.7 Å². The highest BCUT2D eigenvalue weighted by Crippen LogP contribution is 2.28. The molecule has 5 heterocycles. The zero-order valence-corrected chi connectivity index (χ0v) is 38.1. The molecular formula is C48H67N9O7. The number of ether oxygens (including phenoxy) is 2. The van der Waals surface area contributed by atoms with E-state index < -0.39 is 18.1 Å². The maximum absolute atomic E-state index is 14.5. The Bertz CT molecular complexity index is 2300. The molecule has 7 rings (SSSR count). The highest BCUT2D eigenvalue weighted by Gasteiger charge is 2.34. The maximum atomic E-state index is 14.5. The smallest absolute Gasteiger partial charge is 0.323 e. The van der Waals surface area contributed by atoms with Crippen LogP contribution in [0.2, 0.25) is 0 Å². The third-order valence-electron chi connectivity index (χ3n) is 13.5. The quantitative estimate of drug-likeness (QED) is 0.106. The monoisotopic (exact) mass is 882 g/mol. The number of urea groups is 1. The highest BCUT2D eigenvalue weighted by molar-refractivity contribution is 5.88. The van der Waals surface area contributed by atoms with Gasteiger partial charge in [0.05, 0.1) is 18.3 Å². The van der Waals surface area contributed by atoms with Crippen LogP contribution in [0.25, 0.3) is 21.8 Å². The average molecular weight is 882 g/mol. The molecule has 2 aromatic heterocycles. The Morgan fingerprint density at radius 2 is 1.61 bits per heavy atom. The van der Waals surface area contributed by atoms with E-state index in [0.717, 1.165) is 77.5 Å². The van der Waals surface area contributed by atoms with Gasteiger partial charge in [0.15, 0.2) is 6.73 Å². The van der Waals surface area contributed by atoms with Crippen molar-refractivity contribution in [3.63, 3.8) is 0 Å². The molecule has 0 saturated carbocycles. The summed E-state index contributed by atoms with van der Waals surface area (Å²) in [5.41, 5.74) is 9.91. The van der Waals surface area contributed by atoms with Gasteiger partial charge in [-0.3, -0.25) is 24.1 Å². The van der Waals surface area contributed by atoms with Crippen LogP contribution in [0.1, 0.15) is 87.8 Å². The number of aromatic nitrogens is 3. The van der Waals surface area contributed by atoms with E-state index in [9.17, 15) is 24.0 Å². The number of aromatic amines is 1. The fourth-order valence-electron chi connectivity index (χ4n) is 9.46.